The lowest BCUT2D eigenvalue weighted by Crippen LogP contribution is -2.39. The number of pyridine rings is 1. The number of hydrogen-bond acceptors (Lipinski definition) is 3. The average Bonchev–Trinajstić information content (AvgIpc) is 3.07. The van der Waals surface area contributed by atoms with E-state index in [1.54, 1.807) is 0 Å². The SMILES string of the molecule is CCc1cc(CC[C@](O)(CC(=O)O)C2CCCC2)cc(CC)n1. The Bertz CT molecular complexity index is 515. The molecule has 128 valence electrons. The summed E-state index contributed by atoms with van der Waals surface area (Å²) < 4.78 is 0. The molecule has 2 rings (SSSR count). The number of nitrogens with zero attached hydrogens (tertiary/aromatic N) is 1. The predicted octanol–water partition coefficient (Wildman–Crippen LogP) is 3.54. The van der Waals surface area contributed by atoms with Gasteiger partial charge in [0, 0.05) is 11.4 Å². The standard InChI is InChI=1S/C19H29NO3/c1-3-16-11-14(12-17(4-2)20-16)9-10-19(23,13-18(21)22)15-7-5-6-8-15/h11-12,15,23H,3-10,13H2,1-2H3,(H,21,22)/t19-/m0/s1. The molecule has 4 nitrogen and oxygen atoms in total. The molecule has 0 spiro atoms. The summed E-state index contributed by atoms with van der Waals surface area (Å²) in [7, 11) is 0. The van der Waals surface area contributed by atoms with Crippen LogP contribution >= 0.6 is 0 Å². The van der Waals surface area contributed by atoms with Crippen LogP contribution in [0.5, 0.6) is 0 Å². The summed E-state index contributed by atoms with van der Waals surface area (Å²) in [5.74, 6) is -0.783. The fourth-order valence-corrected chi connectivity index (χ4v) is 3.75. The van der Waals surface area contributed by atoms with Crippen LogP contribution in [0.2, 0.25) is 0 Å². The number of hydrogen-bond donors (Lipinski definition) is 2. The summed E-state index contributed by atoms with van der Waals surface area (Å²) in [4.78, 5) is 15.8. The second kappa shape index (κ2) is 7.91. The van der Waals surface area contributed by atoms with E-state index in [0.29, 0.717) is 12.8 Å². The molecule has 1 fully saturated rings. The van der Waals surface area contributed by atoms with Crippen molar-refractivity contribution in [2.24, 2.45) is 5.92 Å². The van der Waals surface area contributed by atoms with Crippen LogP contribution < -0.4 is 0 Å². The molecule has 1 atom stereocenters. The highest BCUT2D eigenvalue weighted by Crippen LogP contribution is 2.39. The summed E-state index contributed by atoms with van der Waals surface area (Å²) in [6.45, 7) is 4.18. The third-order valence-electron chi connectivity index (χ3n) is 5.13. The number of carbonyl (C=O) groups is 1. The molecule has 1 aromatic heterocycles. The van der Waals surface area contributed by atoms with Gasteiger partial charge in [-0.2, -0.15) is 0 Å². The van der Waals surface area contributed by atoms with Crippen LogP contribution in [0.1, 0.15) is 69.3 Å². The summed E-state index contributed by atoms with van der Waals surface area (Å²) in [6.07, 6.45) is 6.95. The topological polar surface area (TPSA) is 70.4 Å². The molecule has 0 bridgehead atoms. The first kappa shape index (κ1) is 17.9. The number of carboxylic acid groups (broad SMARTS) is 1. The minimum Gasteiger partial charge on any atom is -0.481 e. The van der Waals surface area contributed by atoms with Crippen molar-refractivity contribution in [3.05, 3.63) is 29.1 Å². The highest BCUT2D eigenvalue weighted by molar-refractivity contribution is 5.68. The fourth-order valence-electron chi connectivity index (χ4n) is 3.75. The van der Waals surface area contributed by atoms with Gasteiger partial charge in [0.15, 0.2) is 0 Å². The average molecular weight is 319 g/mol. The van der Waals surface area contributed by atoms with Gasteiger partial charge in [0.2, 0.25) is 0 Å². The van der Waals surface area contributed by atoms with Gasteiger partial charge in [0.1, 0.15) is 0 Å². The number of carboxylic acids is 1. The zero-order valence-electron chi connectivity index (χ0n) is 14.3. The predicted molar refractivity (Wildman–Crippen MR) is 90.5 cm³/mol. The van der Waals surface area contributed by atoms with Crippen molar-refractivity contribution in [2.45, 2.75) is 77.2 Å². The maximum Gasteiger partial charge on any atom is 0.306 e. The molecule has 1 aliphatic rings. The highest BCUT2D eigenvalue weighted by Gasteiger charge is 2.39. The minimum absolute atomic E-state index is 0.122. The first-order valence-electron chi connectivity index (χ1n) is 8.89. The number of aliphatic carboxylic acids is 1. The third-order valence-corrected chi connectivity index (χ3v) is 5.13. The maximum absolute atomic E-state index is 11.2. The Morgan fingerprint density at radius 2 is 1.78 bits per heavy atom. The van der Waals surface area contributed by atoms with Gasteiger partial charge in [-0.1, -0.05) is 26.7 Å². The molecule has 0 saturated heterocycles. The van der Waals surface area contributed by atoms with Crippen LogP contribution in [-0.2, 0) is 24.1 Å². The number of aliphatic hydroxyl groups is 1. The van der Waals surface area contributed by atoms with Crippen LogP contribution in [0.4, 0.5) is 0 Å². The summed E-state index contributed by atoms with van der Waals surface area (Å²) in [5.41, 5.74) is 2.23. The largest absolute Gasteiger partial charge is 0.481 e. The van der Waals surface area contributed by atoms with Gasteiger partial charge in [0.05, 0.1) is 12.0 Å². The van der Waals surface area contributed by atoms with Crippen molar-refractivity contribution in [3.8, 4) is 0 Å². The molecule has 4 heteroatoms. The van der Waals surface area contributed by atoms with E-state index in [1.807, 2.05) is 0 Å². The normalized spacial score (nSPS) is 18.0. The van der Waals surface area contributed by atoms with Gasteiger partial charge >= 0.3 is 5.97 Å². The third kappa shape index (κ3) is 4.77. The van der Waals surface area contributed by atoms with E-state index in [-0.39, 0.29) is 12.3 Å². The zero-order valence-corrected chi connectivity index (χ0v) is 14.3. The second-order valence-corrected chi connectivity index (χ2v) is 6.82. The molecule has 0 amide bonds. The van der Waals surface area contributed by atoms with Crippen molar-refractivity contribution in [2.75, 3.05) is 0 Å². The molecule has 1 heterocycles. The van der Waals surface area contributed by atoms with E-state index < -0.39 is 11.6 Å². The van der Waals surface area contributed by atoms with E-state index in [2.05, 4.69) is 31.0 Å². The van der Waals surface area contributed by atoms with E-state index in [9.17, 15) is 15.0 Å². The van der Waals surface area contributed by atoms with Crippen molar-refractivity contribution in [1.82, 2.24) is 4.98 Å². The zero-order chi connectivity index (χ0) is 16.9. The van der Waals surface area contributed by atoms with Gasteiger partial charge in [-0.25, -0.2) is 0 Å². The van der Waals surface area contributed by atoms with Gasteiger partial charge in [0.25, 0.3) is 0 Å². The number of aryl methyl sites for hydroxylation is 3. The first-order valence-corrected chi connectivity index (χ1v) is 8.89. The van der Waals surface area contributed by atoms with Crippen molar-refractivity contribution in [3.63, 3.8) is 0 Å². The molecule has 2 N–H and O–H groups in total. The van der Waals surface area contributed by atoms with Crippen LogP contribution in [0, 0.1) is 5.92 Å². The molecule has 0 unspecified atom stereocenters. The van der Waals surface area contributed by atoms with Crippen molar-refractivity contribution in [1.29, 1.82) is 0 Å². The van der Waals surface area contributed by atoms with Gasteiger partial charge < -0.3 is 10.2 Å². The maximum atomic E-state index is 11.2. The molecule has 1 saturated carbocycles. The van der Waals surface area contributed by atoms with Gasteiger partial charge in [-0.05, 0) is 62.1 Å². The Labute approximate surface area is 139 Å². The Hall–Kier alpha value is -1.42. The van der Waals surface area contributed by atoms with E-state index in [1.165, 1.54) is 0 Å². The molecule has 0 aromatic carbocycles. The Kier molecular flexibility index (Phi) is 6.17. The van der Waals surface area contributed by atoms with Crippen LogP contribution in [0.15, 0.2) is 12.1 Å². The molecular weight excluding hydrogens is 290 g/mol. The second-order valence-electron chi connectivity index (χ2n) is 6.82. The first-order chi connectivity index (χ1) is 11.0. The van der Waals surface area contributed by atoms with Crippen molar-refractivity contribution >= 4 is 5.97 Å². The molecule has 0 aliphatic heterocycles. The summed E-state index contributed by atoms with van der Waals surface area (Å²) in [5, 5.41) is 20.2. The lowest BCUT2D eigenvalue weighted by atomic mass is 9.79. The van der Waals surface area contributed by atoms with Crippen molar-refractivity contribution < 1.29 is 15.0 Å². The molecule has 0 radical (unpaired) electrons. The number of rotatable bonds is 8. The Balaban J connectivity index is 2.12. The monoisotopic (exact) mass is 319 g/mol. The summed E-state index contributed by atoms with van der Waals surface area (Å²) >= 11 is 0. The molecule has 1 aliphatic carbocycles. The van der Waals surface area contributed by atoms with Crippen LogP contribution in [0.25, 0.3) is 0 Å². The fraction of sp³-hybridized carbons (Fsp3) is 0.684. The molecular formula is C19H29NO3. The van der Waals surface area contributed by atoms with E-state index in [4.69, 9.17) is 0 Å². The molecule has 1 aromatic rings. The highest BCUT2D eigenvalue weighted by atomic mass is 16.4. The molecule has 23 heavy (non-hydrogen) atoms. The van der Waals surface area contributed by atoms with Crippen LogP contribution in [-0.4, -0.2) is 26.8 Å². The quantitative estimate of drug-likeness (QED) is 0.769. The van der Waals surface area contributed by atoms with E-state index in [0.717, 1.165) is 55.5 Å². The Morgan fingerprint density at radius 3 is 2.26 bits per heavy atom. The lowest BCUT2D eigenvalue weighted by molar-refractivity contribution is -0.145. The minimum atomic E-state index is -1.08. The summed E-state index contributed by atoms with van der Waals surface area (Å²) in [6, 6.07) is 4.18. The van der Waals surface area contributed by atoms with Gasteiger partial charge in [-0.15, -0.1) is 0 Å². The smallest absolute Gasteiger partial charge is 0.306 e. The number of aromatic nitrogens is 1. The van der Waals surface area contributed by atoms with Crippen LogP contribution in [0.3, 0.4) is 0 Å². The Morgan fingerprint density at radius 1 is 1.22 bits per heavy atom. The van der Waals surface area contributed by atoms with E-state index >= 15 is 0 Å². The lowest BCUT2D eigenvalue weighted by Gasteiger charge is -2.33. The van der Waals surface area contributed by atoms with Gasteiger partial charge in [-0.3, -0.25) is 9.78 Å².